The van der Waals surface area contributed by atoms with Crippen LogP contribution in [0.4, 0.5) is 11.5 Å². The van der Waals surface area contributed by atoms with Gasteiger partial charge in [0, 0.05) is 31.7 Å². The molecule has 1 amide bonds. The quantitative estimate of drug-likeness (QED) is 0.759. The zero-order valence-corrected chi connectivity index (χ0v) is 12.8. The Hall–Kier alpha value is -3.29. The maximum Gasteiger partial charge on any atom is 0.257 e. The van der Waals surface area contributed by atoms with Crippen LogP contribution in [0.2, 0.25) is 0 Å². The van der Waals surface area contributed by atoms with Crippen molar-refractivity contribution in [3.63, 3.8) is 0 Å². The Labute approximate surface area is 138 Å². The Morgan fingerprint density at radius 1 is 1.12 bits per heavy atom. The molecule has 0 unspecified atom stereocenters. The summed E-state index contributed by atoms with van der Waals surface area (Å²) in [6.07, 6.45) is 9.10. The van der Waals surface area contributed by atoms with Crippen molar-refractivity contribution in [2.75, 3.05) is 23.3 Å². The number of carbonyl (C=O) groups excluding carboxylic acids is 1. The molecular formula is C16H15N7O. The minimum atomic E-state index is -0.246. The number of nitrogens with zero attached hydrogens (tertiary/aromatic N) is 5. The first-order chi connectivity index (χ1) is 11.8. The van der Waals surface area contributed by atoms with Crippen LogP contribution in [0.25, 0.3) is 11.4 Å². The van der Waals surface area contributed by atoms with Crippen LogP contribution in [-0.4, -0.2) is 44.1 Å². The maximum atomic E-state index is 12.4. The second-order valence-electron chi connectivity index (χ2n) is 5.45. The number of aromatic nitrogens is 5. The van der Waals surface area contributed by atoms with Crippen LogP contribution < -0.4 is 10.2 Å². The number of carbonyl (C=O) groups is 1. The highest BCUT2D eigenvalue weighted by atomic mass is 16.1. The lowest BCUT2D eigenvalue weighted by atomic mass is 10.2. The van der Waals surface area contributed by atoms with Crippen molar-refractivity contribution in [2.24, 2.45) is 0 Å². The molecular weight excluding hydrogens is 306 g/mol. The molecule has 4 heterocycles. The molecule has 0 bridgehead atoms. The van der Waals surface area contributed by atoms with Crippen LogP contribution >= 0.6 is 0 Å². The minimum absolute atomic E-state index is 0.246. The van der Waals surface area contributed by atoms with E-state index in [1.165, 1.54) is 6.42 Å². The third-order valence-corrected chi connectivity index (χ3v) is 3.90. The number of hydrogen-bond donors (Lipinski definition) is 2. The van der Waals surface area contributed by atoms with Crippen LogP contribution in [0.5, 0.6) is 0 Å². The summed E-state index contributed by atoms with van der Waals surface area (Å²) < 4.78 is 0. The lowest BCUT2D eigenvalue weighted by molar-refractivity contribution is 0.102. The Balaban J connectivity index is 1.51. The molecule has 0 saturated carbocycles. The van der Waals surface area contributed by atoms with Crippen molar-refractivity contribution in [3.8, 4) is 11.4 Å². The van der Waals surface area contributed by atoms with Gasteiger partial charge in [0.1, 0.15) is 17.2 Å². The van der Waals surface area contributed by atoms with Crippen molar-refractivity contribution in [3.05, 3.63) is 48.7 Å². The minimum Gasteiger partial charge on any atom is -0.356 e. The Kier molecular flexibility index (Phi) is 3.62. The fourth-order valence-corrected chi connectivity index (χ4v) is 2.45. The molecule has 3 aromatic rings. The molecule has 4 rings (SSSR count). The van der Waals surface area contributed by atoms with Gasteiger partial charge in [0.15, 0.2) is 0 Å². The van der Waals surface area contributed by atoms with Gasteiger partial charge in [-0.3, -0.25) is 19.9 Å². The Morgan fingerprint density at radius 2 is 2.04 bits per heavy atom. The fourth-order valence-electron chi connectivity index (χ4n) is 2.45. The second kappa shape index (κ2) is 6.07. The van der Waals surface area contributed by atoms with Gasteiger partial charge in [0.2, 0.25) is 0 Å². The van der Waals surface area contributed by atoms with E-state index in [-0.39, 0.29) is 5.91 Å². The van der Waals surface area contributed by atoms with E-state index in [0.717, 1.165) is 18.9 Å². The van der Waals surface area contributed by atoms with E-state index in [0.29, 0.717) is 22.6 Å². The molecule has 120 valence electrons. The standard InChI is InChI=1S/C16H15N7O/c24-16(11-2-3-14(19-8-11)23-6-1-7-23)21-13-10-20-22-15(13)12-9-17-4-5-18-12/h2-5,8-10H,1,6-7H2,(H,20,22)(H,21,24). The van der Waals surface area contributed by atoms with Gasteiger partial charge < -0.3 is 10.2 Å². The van der Waals surface area contributed by atoms with Crippen LogP contribution in [0.1, 0.15) is 16.8 Å². The lowest BCUT2D eigenvalue weighted by Gasteiger charge is -2.31. The number of aromatic amines is 1. The third kappa shape index (κ3) is 2.69. The molecule has 0 radical (unpaired) electrons. The molecule has 0 aromatic carbocycles. The monoisotopic (exact) mass is 321 g/mol. The highest BCUT2D eigenvalue weighted by Gasteiger charge is 2.17. The second-order valence-corrected chi connectivity index (χ2v) is 5.45. The van der Waals surface area contributed by atoms with E-state index in [2.05, 4.69) is 35.4 Å². The molecule has 8 heteroatoms. The summed E-state index contributed by atoms with van der Waals surface area (Å²) in [5.74, 6) is 0.658. The first kappa shape index (κ1) is 14.3. The molecule has 1 saturated heterocycles. The van der Waals surface area contributed by atoms with Gasteiger partial charge in [-0.15, -0.1) is 0 Å². The first-order valence-electron chi connectivity index (χ1n) is 7.63. The van der Waals surface area contributed by atoms with Crippen molar-refractivity contribution in [1.29, 1.82) is 0 Å². The summed E-state index contributed by atoms with van der Waals surface area (Å²) in [6, 6.07) is 3.64. The highest BCUT2D eigenvalue weighted by molar-refractivity contribution is 6.05. The number of hydrogen-bond acceptors (Lipinski definition) is 6. The number of amides is 1. The van der Waals surface area contributed by atoms with Crippen molar-refractivity contribution in [1.82, 2.24) is 25.1 Å². The Bertz CT molecular complexity index is 840. The van der Waals surface area contributed by atoms with Gasteiger partial charge >= 0.3 is 0 Å². The van der Waals surface area contributed by atoms with Crippen LogP contribution in [0.15, 0.2) is 43.1 Å². The molecule has 1 aliphatic heterocycles. The maximum absolute atomic E-state index is 12.4. The average Bonchev–Trinajstić information content (AvgIpc) is 3.03. The predicted molar refractivity (Wildman–Crippen MR) is 88.6 cm³/mol. The van der Waals surface area contributed by atoms with Gasteiger partial charge in [0.05, 0.1) is 23.6 Å². The summed E-state index contributed by atoms with van der Waals surface area (Å²) >= 11 is 0. The van der Waals surface area contributed by atoms with E-state index in [1.54, 1.807) is 37.1 Å². The average molecular weight is 321 g/mol. The lowest BCUT2D eigenvalue weighted by Crippen LogP contribution is -2.37. The Morgan fingerprint density at radius 3 is 2.71 bits per heavy atom. The summed E-state index contributed by atoms with van der Waals surface area (Å²) in [5, 5.41) is 9.63. The van der Waals surface area contributed by atoms with Gasteiger partial charge in [0.25, 0.3) is 5.91 Å². The number of nitrogens with one attached hydrogen (secondary N) is 2. The molecule has 24 heavy (non-hydrogen) atoms. The van der Waals surface area contributed by atoms with E-state index in [4.69, 9.17) is 0 Å². The van der Waals surface area contributed by atoms with Crippen LogP contribution in [0, 0.1) is 0 Å². The van der Waals surface area contributed by atoms with Crippen molar-refractivity contribution < 1.29 is 4.79 Å². The predicted octanol–water partition coefficient (Wildman–Crippen LogP) is 1.72. The molecule has 1 aliphatic rings. The fraction of sp³-hybridized carbons (Fsp3) is 0.188. The zero-order valence-electron chi connectivity index (χ0n) is 12.8. The van der Waals surface area contributed by atoms with E-state index >= 15 is 0 Å². The van der Waals surface area contributed by atoms with Crippen LogP contribution in [-0.2, 0) is 0 Å². The number of pyridine rings is 1. The highest BCUT2D eigenvalue weighted by Crippen LogP contribution is 2.23. The van der Waals surface area contributed by atoms with Crippen LogP contribution in [0.3, 0.4) is 0 Å². The summed E-state index contributed by atoms with van der Waals surface area (Å²) in [7, 11) is 0. The van der Waals surface area contributed by atoms with Gasteiger partial charge in [-0.2, -0.15) is 5.10 Å². The SMILES string of the molecule is O=C(Nc1cn[nH]c1-c1cnccn1)c1ccc(N2CCC2)nc1. The molecule has 2 N–H and O–H groups in total. The normalized spacial score (nSPS) is 13.4. The van der Waals surface area contributed by atoms with Crippen molar-refractivity contribution in [2.45, 2.75) is 6.42 Å². The molecule has 3 aromatic heterocycles. The molecule has 0 spiro atoms. The molecule has 0 atom stereocenters. The number of rotatable bonds is 4. The van der Waals surface area contributed by atoms with E-state index < -0.39 is 0 Å². The summed E-state index contributed by atoms with van der Waals surface area (Å²) in [5.41, 5.74) is 2.26. The summed E-state index contributed by atoms with van der Waals surface area (Å²) in [4.78, 5) is 27.2. The molecule has 1 fully saturated rings. The first-order valence-corrected chi connectivity index (χ1v) is 7.63. The van der Waals surface area contributed by atoms with Gasteiger partial charge in [-0.05, 0) is 18.6 Å². The van der Waals surface area contributed by atoms with E-state index in [1.807, 2.05) is 6.07 Å². The summed E-state index contributed by atoms with van der Waals surface area (Å²) in [6.45, 7) is 2.05. The van der Waals surface area contributed by atoms with Gasteiger partial charge in [-0.25, -0.2) is 4.98 Å². The topological polar surface area (TPSA) is 99.7 Å². The largest absolute Gasteiger partial charge is 0.356 e. The zero-order chi connectivity index (χ0) is 16.4. The third-order valence-electron chi connectivity index (χ3n) is 3.90. The molecule has 0 aliphatic carbocycles. The van der Waals surface area contributed by atoms with E-state index in [9.17, 15) is 4.79 Å². The van der Waals surface area contributed by atoms with Gasteiger partial charge in [-0.1, -0.05) is 0 Å². The smallest absolute Gasteiger partial charge is 0.257 e. The number of anilines is 2. The molecule has 8 nitrogen and oxygen atoms in total. The number of H-pyrrole nitrogens is 1. The van der Waals surface area contributed by atoms with Crippen molar-refractivity contribution >= 4 is 17.4 Å².